The molecular formula is C69H112O6. The summed E-state index contributed by atoms with van der Waals surface area (Å²) in [6.07, 6.45) is 87.4. The van der Waals surface area contributed by atoms with Crippen molar-refractivity contribution >= 4 is 17.9 Å². The molecule has 0 aliphatic rings. The minimum atomic E-state index is -0.833. The summed E-state index contributed by atoms with van der Waals surface area (Å²) in [5, 5.41) is 0. The van der Waals surface area contributed by atoms with Crippen LogP contribution < -0.4 is 0 Å². The molecule has 0 fully saturated rings. The molecule has 0 aromatic heterocycles. The van der Waals surface area contributed by atoms with Crippen LogP contribution in [-0.2, 0) is 28.6 Å². The maximum atomic E-state index is 12.9. The highest BCUT2D eigenvalue weighted by Crippen LogP contribution is 2.14. The van der Waals surface area contributed by atoms with Gasteiger partial charge in [0.15, 0.2) is 6.10 Å². The topological polar surface area (TPSA) is 78.9 Å². The smallest absolute Gasteiger partial charge is 0.306 e. The van der Waals surface area contributed by atoms with E-state index < -0.39 is 6.10 Å². The zero-order valence-corrected chi connectivity index (χ0v) is 48.5. The predicted octanol–water partition coefficient (Wildman–Crippen LogP) is 21.0. The lowest BCUT2D eigenvalue weighted by molar-refractivity contribution is -0.166. The summed E-state index contributed by atoms with van der Waals surface area (Å²) in [6.45, 7) is 6.47. The Bertz CT molecular complexity index is 1620. The van der Waals surface area contributed by atoms with Crippen molar-refractivity contribution in [2.24, 2.45) is 0 Å². The van der Waals surface area contributed by atoms with Gasteiger partial charge in [-0.2, -0.15) is 0 Å². The van der Waals surface area contributed by atoms with Crippen LogP contribution in [0.4, 0.5) is 0 Å². The second kappa shape index (κ2) is 62.1. The van der Waals surface area contributed by atoms with E-state index >= 15 is 0 Å². The van der Waals surface area contributed by atoms with Crippen LogP contribution in [0.5, 0.6) is 0 Å². The van der Waals surface area contributed by atoms with Gasteiger partial charge in [0.1, 0.15) is 13.2 Å². The Kier molecular flexibility index (Phi) is 58.4. The Balaban J connectivity index is 4.58. The summed E-state index contributed by atoms with van der Waals surface area (Å²) < 4.78 is 16.8. The summed E-state index contributed by atoms with van der Waals surface area (Å²) in [5.74, 6) is -1.04. The Morgan fingerprint density at radius 2 is 0.507 bits per heavy atom. The molecule has 0 aromatic carbocycles. The van der Waals surface area contributed by atoms with E-state index in [-0.39, 0.29) is 44.0 Å². The van der Waals surface area contributed by atoms with Crippen LogP contribution in [0.15, 0.2) is 134 Å². The fourth-order valence-corrected chi connectivity index (χ4v) is 7.97. The first kappa shape index (κ1) is 70.5. The predicted molar refractivity (Wildman–Crippen MR) is 325 cm³/mol. The number of unbranched alkanes of at least 4 members (excludes halogenated alkanes) is 21. The molecule has 6 nitrogen and oxygen atoms in total. The van der Waals surface area contributed by atoms with Crippen LogP contribution in [0.1, 0.15) is 265 Å². The van der Waals surface area contributed by atoms with Gasteiger partial charge in [-0.15, -0.1) is 0 Å². The Labute approximate surface area is 462 Å². The molecule has 0 heterocycles. The highest BCUT2D eigenvalue weighted by molar-refractivity contribution is 5.71. The van der Waals surface area contributed by atoms with Gasteiger partial charge in [-0.25, -0.2) is 0 Å². The van der Waals surface area contributed by atoms with E-state index in [0.29, 0.717) is 19.3 Å². The lowest BCUT2D eigenvalue weighted by Crippen LogP contribution is -2.30. The van der Waals surface area contributed by atoms with E-state index in [1.165, 1.54) is 122 Å². The molecule has 0 amide bonds. The molecule has 0 spiro atoms. The molecule has 0 bridgehead atoms. The molecule has 0 aromatic rings. The SMILES string of the molecule is CCCCC/C=C\C/C=C\C/C=C\C/C=C\C/C=C\CCC(=O)OC[C@H](COC(=O)CCCCCCCCCCC/C=C\C/C=C\CCCCC)OC(=O)CCCCC/C=C\C/C=C\C/C=C\C/C=C\CCCCC. The van der Waals surface area contributed by atoms with E-state index in [1.54, 1.807) is 0 Å². The van der Waals surface area contributed by atoms with Crippen LogP contribution in [0.25, 0.3) is 0 Å². The largest absolute Gasteiger partial charge is 0.462 e. The van der Waals surface area contributed by atoms with Crippen molar-refractivity contribution in [2.75, 3.05) is 13.2 Å². The summed E-state index contributed by atoms with van der Waals surface area (Å²) in [7, 11) is 0. The quantitative estimate of drug-likeness (QED) is 0.0261. The maximum Gasteiger partial charge on any atom is 0.306 e. The van der Waals surface area contributed by atoms with Gasteiger partial charge in [0.2, 0.25) is 0 Å². The summed E-state index contributed by atoms with van der Waals surface area (Å²) in [4.78, 5) is 38.2. The Morgan fingerprint density at radius 3 is 0.840 bits per heavy atom. The number of esters is 3. The van der Waals surface area contributed by atoms with E-state index in [2.05, 4.69) is 148 Å². The summed E-state index contributed by atoms with van der Waals surface area (Å²) in [6, 6.07) is 0. The number of carbonyl (C=O) groups excluding carboxylic acids is 3. The molecule has 0 unspecified atom stereocenters. The lowest BCUT2D eigenvalue weighted by atomic mass is 10.1. The number of carbonyl (C=O) groups is 3. The Morgan fingerprint density at radius 1 is 0.267 bits per heavy atom. The third kappa shape index (κ3) is 60.3. The highest BCUT2D eigenvalue weighted by Gasteiger charge is 2.19. The van der Waals surface area contributed by atoms with Crippen molar-refractivity contribution in [1.29, 1.82) is 0 Å². The van der Waals surface area contributed by atoms with Crippen LogP contribution in [0.2, 0.25) is 0 Å². The van der Waals surface area contributed by atoms with Gasteiger partial charge in [-0.3, -0.25) is 14.4 Å². The average molecular weight is 1040 g/mol. The molecule has 0 aliphatic carbocycles. The van der Waals surface area contributed by atoms with Crippen molar-refractivity contribution in [2.45, 2.75) is 271 Å². The molecule has 6 heteroatoms. The lowest BCUT2D eigenvalue weighted by Gasteiger charge is -2.18. The third-order valence-corrected chi connectivity index (χ3v) is 12.6. The zero-order valence-electron chi connectivity index (χ0n) is 48.5. The number of rotatable bonds is 54. The van der Waals surface area contributed by atoms with Gasteiger partial charge < -0.3 is 14.2 Å². The average Bonchev–Trinajstić information content (AvgIpc) is 3.41. The van der Waals surface area contributed by atoms with E-state index in [9.17, 15) is 14.4 Å². The first-order chi connectivity index (χ1) is 37.0. The molecule has 0 saturated heterocycles. The van der Waals surface area contributed by atoms with Crippen LogP contribution in [-0.4, -0.2) is 37.2 Å². The number of hydrogen-bond acceptors (Lipinski definition) is 6. The first-order valence-electron chi connectivity index (χ1n) is 30.7. The monoisotopic (exact) mass is 1040 g/mol. The third-order valence-electron chi connectivity index (χ3n) is 12.6. The molecule has 0 N–H and O–H groups in total. The van der Waals surface area contributed by atoms with Crippen LogP contribution in [0.3, 0.4) is 0 Å². The fraction of sp³-hybridized carbons (Fsp3) is 0.638. The van der Waals surface area contributed by atoms with Crippen LogP contribution >= 0.6 is 0 Å². The van der Waals surface area contributed by atoms with Crippen molar-refractivity contribution in [3.8, 4) is 0 Å². The van der Waals surface area contributed by atoms with E-state index in [1.807, 2.05) is 6.08 Å². The van der Waals surface area contributed by atoms with Crippen molar-refractivity contribution < 1.29 is 28.6 Å². The Hall–Kier alpha value is -4.45. The van der Waals surface area contributed by atoms with Gasteiger partial charge in [0.25, 0.3) is 0 Å². The first-order valence-corrected chi connectivity index (χ1v) is 30.7. The van der Waals surface area contributed by atoms with Gasteiger partial charge >= 0.3 is 17.9 Å². The van der Waals surface area contributed by atoms with Gasteiger partial charge in [-0.1, -0.05) is 244 Å². The second-order valence-corrected chi connectivity index (χ2v) is 19.9. The molecule has 0 saturated carbocycles. The molecule has 0 aliphatic heterocycles. The van der Waals surface area contributed by atoms with E-state index in [0.717, 1.165) is 89.9 Å². The number of ether oxygens (including phenoxy) is 3. The molecular weight excluding hydrogens is 925 g/mol. The normalized spacial score (nSPS) is 13.1. The van der Waals surface area contributed by atoms with Gasteiger partial charge in [-0.05, 0) is 135 Å². The summed E-state index contributed by atoms with van der Waals surface area (Å²) >= 11 is 0. The van der Waals surface area contributed by atoms with E-state index in [4.69, 9.17) is 14.2 Å². The van der Waals surface area contributed by atoms with Gasteiger partial charge in [0.05, 0.1) is 0 Å². The van der Waals surface area contributed by atoms with Crippen molar-refractivity contribution in [1.82, 2.24) is 0 Å². The second-order valence-electron chi connectivity index (χ2n) is 19.9. The molecule has 75 heavy (non-hydrogen) atoms. The fourth-order valence-electron chi connectivity index (χ4n) is 7.97. The minimum absolute atomic E-state index is 0.120. The van der Waals surface area contributed by atoms with Crippen molar-refractivity contribution in [3.05, 3.63) is 134 Å². The van der Waals surface area contributed by atoms with Crippen LogP contribution in [0, 0.1) is 0 Å². The number of hydrogen-bond donors (Lipinski definition) is 0. The summed E-state index contributed by atoms with van der Waals surface area (Å²) in [5.41, 5.74) is 0. The molecule has 0 radical (unpaired) electrons. The minimum Gasteiger partial charge on any atom is -0.462 e. The molecule has 424 valence electrons. The number of allylic oxidation sites excluding steroid dienone is 22. The molecule has 0 rings (SSSR count). The van der Waals surface area contributed by atoms with Crippen molar-refractivity contribution in [3.63, 3.8) is 0 Å². The molecule has 1 atom stereocenters. The highest BCUT2D eigenvalue weighted by atomic mass is 16.6. The maximum absolute atomic E-state index is 12.9. The zero-order chi connectivity index (χ0) is 54.3. The van der Waals surface area contributed by atoms with Gasteiger partial charge in [0, 0.05) is 19.3 Å². The standard InChI is InChI=1S/C69H112O6/c1-4-7-10-13-16-19-22-25-28-31-34-37-40-43-46-49-52-55-58-61-67(70)73-64-66(75-69(72)63-60-57-54-51-48-45-42-39-36-33-30-27-24-21-18-15-12-9-6-3)65-74-68(71)62-59-56-53-50-47-44-41-38-35-32-29-26-23-20-17-14-11-8-5-2/h16-21,25-30,34,36-37,39,43,45-46,48,52,55,66H,4-15,22-24,31-33,35,38,40-42,44,47,49-51,53-54,56-65H2,1-3H3/b19-16-,20-17-,21-18-,28-25-,29-26-,30-27-,37-34-,39-36-,46-43-,48-45-,55-52-/t66-/m1/s1.